The zero-order valence-electron chi connectivity index (χ0n) is 15.4. The molecule has 27 heavy (non-hydrogen) atoms. The van der Waals surface area contributed by atoms with Gasteiger partial charge in [-0.1, -0.05) is 36.4 Å². The molecule has 144 valence electrons. The van der Waals surface area contributed by atoms with Crippen molar-refractivity contribution in [2.75, 3.05) is 45.9 Å². The molecule has 0 radical (unpaired) electrons. The number of hydrogen-bond donors (Lipinski definition) is 1. The van der Waals surface area contributed by atoms with E-state index < -0.39 is 0 Å². The molecule has 0 aliphatic carbocycles. The summed E-state index contributed by atoms with van der Waals surface area (Å²) in [5.41, 5.74) is 1.34. The lowest BCUT2D eigenvalue weighted by Gasteiger charge is -2.34. The highest BCUT2D eigenvalue weighted by atomic mass is 19.1. The molecule has 1 heterocycles. The summed E-state index contributed by atoms with van der Waals surface area (Å²) in [5, 5.41) is 2.86. The first kappa shape index (κ1) is 19.2. The van der Waals surface area contributed by atoms with E-state index in [-0.39, 0.29) is 11.8 Å². The molecular weight excluding hydrogens is 345 g/mol. The molecule has 1 N–H and O–H groups in total. The van der Waals surface area contributed by atoms with Gasteiger partial charge in [0.1, 0.15) is 18.2 Å². The number of amides is 2. The second-order valence-corrected chi connectivity index (χ2v) is 6.60. The minimum atomic E-state index is -0.332. The van der Waals surface area contributed by atoms with Gasteiger partial charge in [-0.05, 0) is 24.1 Å². The smallest absolute Gasteiger partial charge is 0.317 e. The van der Waals surface area contributed by atoms with E-state index in [2.05, 4.69) is 34.5 Å². The average Bonchev–Trinajstić information content (AvgIpc) is 2.71. The summed E-state index contributed by atoms with van der Waals surface area (Å²) in [6.45, 7) is 4.95. The molecule has 2 aromatic rings. The first-order valence-electron chi connectivity index (χ1n) is 9.38. The maximum atomic E-state index is 13.1. The number of piperazine rings is 1. The average molecular weight is 371 g/mol. The Morgan fingerprint density at radius 3 is 2.56 bits per heavy atom. The number of nitrogens with zero attached hydrogens (tertiary/aromatic N) is 2. The number of urea groups is 1. The van der Waals surface area contributed by atoms with Crippen molar-refractivity contribution >= 4 is 6.03 Å². The molecule has 0 bridgehead atoms. The number of carbonyl (C=O) groups is 1. The van der Waals surface area contributed by atoms with E-state index >= 15 is 0 Å². The summed E-state index contributed by atoms with van der Waals surface area (Å²) in [6.07, 6.45) is 1.03. The fourth-order valence-electron chi connectivity index (χ4n) is 3.10. The molecule has 5 nitrogen and oxygen atoms in total. The summed E-state index contributed by atoms with van der Waals surface area (Å²) in [4.78, 5) is 16.5. The predicted octanol–water partition coefficient (Wildman–Crippen LogP) is 2.77. The quantitative estimate of drug-likeness (QED) is 0.762. The Kier molecular flexibility index (Phi) is 7.04. The van der Waals surface area contributed by atoms with Crippen LogP contribution in [0.1, 0.15) is 5.56 Å². The molecule has 1 aliphatic rings. The summed E-state index contributed by atoms with van der Waals surface area (Å²) in [6, 6.07) is 16.4. The second kappa shape index (κ2) is 9.92. The fraction of sp³-hybridized carbons (Fsp3) is 0.381. The molecule has 0 aromatic heterocycles. The molecule has 0 spiro atoms. The van der Waals surface area contributed by atoms with Crippen LogP contribution in [0.25, 0.3) is 0 Å². The highest BCUT2D eigenvalue weighted by molar-refractivity contribution is 5.74. The molecule has 1 aliphatic heterocycles. The summed E-state index contributed by atoms with van der Waals surface area (Å²) >= 11 is 0. The molecule has 0 atom stereocenters. The molecule has 3 rings (SSSR count). The fourth-order valence-corrected chi connectivity index (χ4v) is 3.10. The van der Waals surface area contributed by atoms with Crippen LogP contribution in [0.15, 0.2) is 54.6 Å². The molecule has 1 saturated heterocycles. The van der Waals surface area contributed by atoms with Crippen molar-refractivity contribution in [2.24, 2.45) is 0 Å². The normalized spacial score (nSPS) is 14.8. The molecule has 1 fully saturated rings. The zero-order valence-corrected chi connectivity index (χ0v) is 15.4. The Labute approximate surface area is 159 Å². The van der Waals surface area contributed by atoms with Gasteiger partial charge in [0, 0.05) is 38.8 Å². The molecule has 6 heteroatoms. The van der Waals surface area contributed by atoms with Gasteiger partial charge in [-0.25, -0.2) is 9.18 Å². The number of carbonyl (C=O) groups excluding carboxylic acids is 1. The van der Waals surface area contributed by atoms with Gasteiger partial charge in [0.15, 0.2) is 0 Å². The van der Waals surface area contributed by atoms with Crippen LogP contribution in [0, 0.1) is 5.82 Å². The van der Waals surface area contributed by atoms with Crippen molar-refractivity contribution in [2.45, 2.75) is 6.42 Å². The number of benzene rings is 2. The Morgan fingerprint density at radius 1 is 1.04 bits per heavy atom. The van der Waals surface area contributed by atoms with Gasteiger partial charge >= 0.3 is 6.03 Å². The highest BCUT2D eigenvalue weighted by Crippen LogP contribution is 2.11. The van der Waals surface area contributed by atoms with Crippen molar-refractivity contribution in [3.8, 4) is 5.75 Å². The van der Waals surface area contributed by atoms with Gasteiger partial charge in [0.25, 0.3) is 0 Å². The summed E-state index contributed by atoms with van der Waals surface area (Å²) in [5.74, 6) is 0.137. The maximum Gasteiger partial charge on any atom is 0.317 e. The van der Waals surface area contributed by atoms with Gasteiger partial charge in [0.05, 0.1) is 6.54 Å². The van der Waals surface area contributed by atoms with Crippen molar-refractivity contribution in [3.63, 3.8) is 0 Å². The second-order valence-electron chi connectivity index (χ2n) is 6.60. The van der Waals surface area contributed by atoms with Crippen LogP contribution in [-0.4, -0.2) is 61.7 Å². The van der Waals surface area contributed by atoms with Crippen LogP contribution in [0.5, 0.6) is 5.75 Å². The van der Waals surface area contributed by atoms with Crippen LogP contribution in [0.4, 0.5) is 9.18 Å². The van der Waals surface area contributed by atoms with Crippen LogP contribution in [0.3, 0.4) is 0 Å². The monoisotopic (exact) mass is 371 g/mol. The van der Waals surface area contributed by atoms with Gasteiger partial charge in [0.2, 0.25) is 0 Å². The lowest BCUT2D eigenvalue weighted by atomic mass is 10.1. The van der Waals surface area contributed by atoms with Crippen molar-refractivity contribution in [3.05, 3.63) is 66.0 Å². The number of rotatable bonds is 7. The third-order valence-electron chi connectivity index (χ3n) is 4.66. The molecule has 0 saturated carbocycles. The number of ether oxygens (including phenoxy) is 1. The van der Waals surface area contributed by atoms with E-state index in [0.29, 0.717) is 18.9 Å². The van der Waals surface area contributed by atoms with E-state index in [1.807, 2.05) is 11.0 Å². The largest absolute Gasteiger partial charge is 0.492 e. The molecule has 0 unspecified atom stereocenters. The maximum absolute atomic E-state index is 13.1. The van der Waals surface area contributed by atoms with Gasteiger partial charge in [-0.15, -0.1) is 0 Å². The Balaban J connectivity index is 1.30. The lowest BCUT2D eigenvalue weighted by Crippen LogP contribution is -2.52. The zero-order chi connectivity index (χ0) is 18.9. The predicted molar refractivity (Wildman–Crippen MR) is 103 cm³/mol. The molecule has 2 amide bonds. The Morgan fingerprint density at radius 2 is 1.81 bits per heavy atom. The first-order valence-corrected chi connectivity index (χ1v) is 9.38. The van der Waals surface area contributed by atoms with E-state index in [0.717, 1.165) is 39.1 Å². The standard InChI is InChI=1S/C21H26FN3O2/c22-19-7-4-8-20(17-19)27-16-10-23-21(26)25-14-12-24(13-15-25)11-9-18-5-2-1-3-6-18/h1-8,17H,9-16H2,(H,23,26). The molecular formula is C21H26FN3O2. The number of hydrogen-bond acceptors (Lipinski definition) is 3. The van der Waals surface area contributed by atoms with Crippen LogP contribution in [0.2, 0.25) is 0 Å². The van der Waals surface area contributed by atoms with Gasteiger partial charge in [-0.2, -0.15) is 0 Å². The van der Waals surface area contributed by atoms with Crippen molar-refractivity contribution in [1.82, 2.24) is 15.1 Å². The molecule has 2 aromatic carbocycles. The number of halogens is 1. The van der Waals surface area contributed by atoms with E-state index in [4.69, 9.17) is 4.74 Å². The summed E-state index contributed by atoms with van der Waals surface area (Å²) in [7, 11) is 0. The SMILES string of the molecule is O=C(NCCOc1cccc(F)c1)N1CCN(CCc2ccccc2)CC1. The number of nitrogens with one attached hydrogen (secondary N) is 1. The lowest BCUT2D eigenvalue weighted by molar-refractivity contribution is 0.139. The van der Waals surface area contributed by atoms with Crippen molar-refractivity contribution < 1.29 is 13.9 Å². The van der Waals surface area contributed by atoms with E-state index in [1.54, 1.807) is 12.1 Å². The summed E-state index contributed by atoms with van der Waals surface area (Å²) < 4.78 is 18.5. The van der Waals surface area contributed by atoms with E-state index in [9.17, 15) is 9.18 Å². The topological polar surface area (TPSA) is 44.8 Å². The Hall–Kier alpha value is -2.60. The van der Waals surface area contributed by atoms with Gasteiger partial charge in [-0.3, -0.25) is 4.90 Å². The van der Waals surface area contributed by atoms with Crippen LogP contribution >= 0.6 is 0 Å². The van der Waals surface area contributed by atoms with Crippen LogP contribution in [-0.2, 0) is 6.42 Å². The van der Waals surface area contributed by atoms with Crippen LogP contribution < -0.4 is 10.1 Å². The minimum absolute atomic E-state index is 0.0689. The van der Waals surface area contributed by atoms with Gasteiger partial charge < -0.3 is 15.0 Å². The van der Waals surface area contributed by atoms with Crippen molar-refractivity contribution in [1.29, 1.82) is 0 Å². The first-order chi connectivity index (χ1) is 13.2. The third-order valence-corrected chi connectivity index (χ3v) is 4.66. The highest BCUT2D eigenvalue weighted by Gasteiger charge is 2.20. The van der Waals surface area contributed by atoms with E-state index in [1.165, 1.54) is 17.7 Å². The Bertz CT molecular complexity index is 718. The minimum Gasteiger partial charge on any atom is -0.492 e. The third kappa shape index (κ3) is 6.25.